The third-order valence-electron chi connectivity index (χ3n) is 5.15. The molecule has 4 rings (SSSR count). The third-order valence-corrected chi connectivity index (χ3v) is 9.85. The number of fused-ring (bicyclic) bond motifs is 1. The zero-order chi connectivity index (χ0) is 22.2. The molecular formula is C20H22ClN3O4S3. The Morgan fingerprint density at radius 2 is 2.06 bits per heavy atom. The highest BCUT2D eigenvalue weighted by Gasteiger charge is 2.38. The molecule has 166 valence electrons. The van der Waals surface area contributed by atoms with Crippen LogP contribution in [0, 0.1) is 0 Å². The number of aryl methyl sites for hydroxylation is 1. The van der Waals surface area contributed by atoms with E-state index in [1.165, 1.54) is 21.7 Å². The number of ether oxygens (including phenoxy) is 1. The molecule has 2 aromatic heterocycles. The lowest BCUT2D eigenvalue weighted by atomic mass is 10.0. The second kappa shape index (κ2) is 9.03. The van der Waals surface area contributed by atoms with Crippen molar-refractivity contribution in [1.82, 2.24) is 8.87 Å². The molecule has 1 aliphatic heterocycles. The zero-order valence-electron chi connectivity index (χ0n) is 17.1. The second-order valence-corrected chi connectivity index (χ2v) is 12.0. The van der Waals surface area contributed by atoms with Crippen molar-refractivity contribution >= 4 is 60.4 Å². The molecule has 1 aromatic carbocycles. The summed E-state index contributed by atoms with van der Waals surface area (Å²) in [6.45, 7) is 2.78. The molecule has 0 radical (unpaired) electrons. The van der Waals surface area contributed by atoms with Crippen LogP contribution in [-0.2, 0) is 21.9 Å². The first kappa shape index (κ1) is 22.5. The fraction of sp³-hybridized carbons (Fsp3) is 0.400. The van der Waals surface area contributed by atoms with Gasteiger partial charge in [-0.1, -0.05) is 29.4 Å². The van der Waals surface area contributed by atoms with Gasteiger partial charge in [-0.25, -0.2) is 8.42 Å². The van der Waals surface area contributed by atoms with Gasteiger partial charge in [0.05, 0.1) is 21.2 Å². The summed E-state index contributed by atoms with van der Waals surface area (Å²) in [4.78, 5) is 18.0. The van der Waals surface area contributed by atoms with Crippen LogP contribution in [0.25, 0.3) is 10.2 Å². The van der Waals surface area contributed by atoms with Crippen LogP contribution in [0.2, 0.25) is 4.34 Å². The monoisotopic (exact) mass is 499 g/mol. The van der Waals surface area contributed by atoms with Gasteiger partial charge in [-0.3, -0.25) is 4.79 Å². The minimum Gasteiger partial charge on any atom is -0.494 e. The predicted molar refractivity (Wildman–Crippen MR) is 123 cm³/mol. The molecule has 7 nitrogen and oxygen atoms in total. The first-order valence-corrected chi connectivity index (χ1v) is 13.3. The largest absolute Gasteiger partial charge is 0.494 e. The number of hydrogen-bond acceptors (Lipinski definition) is 6. The van der Waals surface area contributed by atoms with Gasteiger partial charge < -0.3 is 9.30 Å². The van der Waals surface area contributed by atoms with Crippen molar-refractivity contribution in [3.63, 3.8) is 0 Å². The zero-order valence-corrected chi connectivity index (χ0v) is 20.3. The molecular weight excluding hydrogens is 478 g/mol. The summed E-state index contributed by atoms with van der Waals surface area (Å²) in [6.07, 6.45) is 1.93. The van der Waals surface area contributed by atoms with E-state index in [-0.39, 0.29) is 4.21 Å². The van der Waals surface area contributed by atoms with Crippen LogP contribution >= 0.6 is 34.3 Å². The van der Waals surface area contributed by atoms with Crippen LogP contribution in [0.15, 0.2) is 39.5 Å². The fourth-order valence-corrected chi connectivity index (χ4v) is 7.95. The molecule has 3 aromatic rings. The second-order valence-electron chi connectivity index (χ2n) is 7.14. The van der Waals surface area contributed by atoms with Crippen LogP contribution < -0.4 is 9.54 Å². The molecule has 1 fully saturated rings. The van der Waals surface area contributed by atoms with Crippen LogP contribution in [0.5, 0.6) is 5.75 Å². The summed E-state index contributed by atoms with van der Waals surface area (Å²) < 4.78 is 36.4. The summed E-state index contributed by atoms with van der Waals surface area (Å²) in [5.74, 6) is 0.312. The van der Waals surface area contributed by atoms with Crippen molar-refractivity contribution in [2.75, 3.05) is 13.2 Å². The van der Waals surface area contributed by atoms with Gasteiger partial charge >= 0.3 is 0 Å². The maximum atomic E-state index is 13.1. The van der Waals surface area contributed by atoms with E-state index in [1.807, 2.05) is 36.7 Å². The Bertz CT molecular complexity index is 1290. The van der Waals surface area contributed by atoms with Crippen molar-refractivity contribution in [2.24, 2.45) is 12.0 Å². The molecule has 0 spiro atoms. The SMILES string of the molecule is CCOc1ccc2c(c1)sc(=NC(=O)C1CCCCN1S(=O)(=O)c1ccc(Cl)s1)n2C. The van der Waals surface area contributed by atoms with Crippen molar-refractivity contribution in [3.05, 3.63) is 39.5 Å². The van der Waals surface area contributed by atoms with Gasteiger partial charge in [0.25, 0.3) is 15.9 Å². The third kappa shape index (κ3) is 4.45. The van der Waals surface area contributed by atoms with E-state index in [0.29, 0.717) is 35.1 Å². The minimum absolute atomic E-state index is 0.146. The molecule has 1 atom stereocenters. The highest BCUT2D eigenvalue weighted by molar-refractivity contribution is 7.91. The number of sulfonamides is 1. The lowest BCUT2D eigenvalue weighted by Crippen LogP contribution is -2.47. The molecule has 0 N–H and O–H groups in total. The molecule has 11 heteroatoms. The lowest BCUT2D eigenvalue weighted by molar-refractivity contribution is -0.122. The highest BCUT2D eigenvalue weighted by Crippen LogP contribution is 2.32. The first-order chi connectivity index (χ1) is 14.8. The van der Waals surface area contributed by atoms with Crippen molar-refractivity contribution < 1.29 is 17.9 Å². The van der Waals surface area contributed by atoms with Gasteiger partial charge in [-0.15, -0.1) is 11.3 Å². The minimum atomic E-state index is -3.81. The van der Waals surface area contributed by atoms with E-state index in [0.717, 1.165) is 33.7 Å². The lowest BCUT2D eigenvalue weighted by Gasteiger charge is -2.31. The number of carbonyl (C=O) groups is 1. The van der Waals surface area contributed by atoms with E-state index >= 15 is 0 Å². The number of thiazole rings is 1. The summed E-state index contributed by atoms with van der Waals surface area (Å²) in [7, 11) is -1.97. The smallest absolute Gasteiger partial charge is 0.266 e. The van der Waals surface area contributed by atoms with Gasteiger partial charge in [-0.05, 0) is 50.1 Å². The molecule has 3 heterocycles. The summed E-state index contributed by atoms with van der Waals surface area (Å²) >= 11 is 8.31. The topological polar surface area (TPSA) is 81.0 Å². The first-order valence-electron chi connectivity index (χ1n) is 9.89. The van der Waals surface area contributed by atoms with Crippen molar-refractivity contribution in [2.45, 2.75) is 36.4 Å². The number of amides is 1. The fourth-order valence-electron chi connectivity index (χ4n) is 3.64. The van der Waals surface area contributed by atoms with E-state index in [1.54, 1.807) is 6.07 Å². The van der Waals surface area contributed by atoms with E-state index < -0.39 is 22.0 Å². The van der Waals surface area contributed by atoms with Crippen LogP contribution in [0.4, 0.5) is 0 Å². The number of rotatable bonds is 5. The predicted octanol–water partition coefficient (Wildman–Crippen LogP) is 4.02. The number of piperidine rings is 1. The van der Waals surface area contributed by atoms with Gasteiger partial charge in [0.2, 0.25) is 0 Å². The van der Waals surface area contributed by atoms with Gasteiger partial charge in [0.1, 0.15) is 16.0 Å². The Morgan fingerprint density at radius 1 is 1.26 bits per heavy atom. The Balaban J connectivity index is 1.69. The van der Waals surface area contributed by atoms with Gasteiger partial charge in [0.15, 0.2) is 4.80 Å². The molecule has 31 heavy (non-hydrogen) atoms. The van der Waals surface area contributed by atoms with Crippen LogP contribution in [0.3, 0.4) is 0 Å². The number of thiophene rings is 1. The molecule has 1 aliphatic rings. The number of aromatic nitrogens is 1. The molecule has 0 aliphatic carbocycles. The normalized spacial score (nSPS) is 18.5. The van der Waals surface area contributed by atoms with Gasteiger partial charge in [0, 0.05) is 13.6 Å². The Morgan fingerprint density at radius 3 is 2.77 bits per heavy atom. The van der Waals surface area contributed by atoms with E-state index in [4.69, 9.17) is 16.3 Å². The maximum absolute atomic E-state index is 13.1. The summed E-state index contributed by atoms with van der Waals surface area (Å²) in [5, 5.41) is 0. The number of hydrogen-bond donors (Lipinski definition) is 0. The van der Waals surface area contributed by atoms with Crippen LogP contribution in [-0.4, -0.2) is 42.4 Å². The van der Waals surface area contributed by atoms with E-state index in [2.05, 4.69) is 4.99 Å². The van der Waals surface area contributed by atoms with Crippen molar-refractivity contribution in [3.8, 4) is 5.75 Å². The molecule has 0 saturated carbocycles. The Labute approximate surface area is 193 Å². The number of benzene rings is 1. The summed E-state index contributed by atoms with van der Waals surface area (Å²) in [5.41, 5.74) is 0.932. The standard InChI is InChI=1S/C20H22ClN3O4S3/c1-3-28-13-7-8-14-16(12-13)29-20(23(14)2)22-19(25)15-6-4-5-11-24(15)31(26,27)18-10-9-17(21)30-18/h7-10,12,15H,3-6,11H2,1-2H3. The molecule has 1 amide bonds. The highest BCUT2D eigenvalue weighted by atomic mass is 35.5. The molecule has 0 bridgehead atoms. The number of halogens is 1. The molecule has 1 saturated heterocycles. The quantitative estimate of drug-likeness (QED) is 0.531. The maximum Gasteiger partial charge on any atom is 0.266 e. The Hall–Kier alpha value is -1.72. The van der Waals surface area contributed by atoms with E-state index in [9.17, 15) is 13.2 Å². The number of nitrogens with zero attached hydrogens (tertiary/aromatic N) is 3. The van der Waals surface area contributed by atoms with Gasteiger partial charge in [-0.2, -0.15) is 9.30 Å². The van der Waals surface area contributed by atoms with Crippen molar-refractivity contribution in [1.29, 1.82) is 0 Å². The average Bonchev–Trinajstić information content (AvgIpc) is 3.32. The number of carbonyl (C=O) groups excluding carboxylic acids is 1. The average molecular weight is 500 g/mol. The summed E-state index contributed by atoms with van der Waals surface area (Å²) in [6, 6.07) is 7.95. The van der Waals surface area contributed by atoms with Crippen LogP contribution in [0.1, 0.15) is 26.2 Å². The molecule has 1 unspecified atom stereocenters. The Kier molecular flexibility index (Phi) is 6.55.